The van der Waals surface area contributed by atoms with E-state index in [1.165, 1.54) is 17.4 Å². The van der Waals surface area contributed by atoms with Crippen molar-refractivity contribution in [2.75, 3.05) is 12.5 Å². The van der Waals surface area contributed by atoms with Gasteiger partial charge < -0.3 is 15.4 Å². The monoisotopic (exact) mass is 487 g/mol. The minimum Gasteiger partial charge on any atom is -0.446 e. The highest BCUT2D eigenvalue weighted by atomic mass is 32.2. The quantitative estimate of drug-likeness (QED) is 0.380. The summed E-state index contributed by atoms with van der Waals surface area (Å²) >= 11 is 1.62. The molecule has 1 saturated carbocycles. The predicted octanol–water partition coefficient (Wildman–Crippen LogP) is 5.23. The lowest BCUT2D eigenvalue weighted by atomic mass is 9.78. The van der Waals surface area contributed by atoms with Crippen molar-refractivity contribution in [3.63, 3.8) is 0 Å². The van der Waals surface area contributed by atoms with Crippen LogP contribution in [0.1, 0.15) is 43.2 Å². The second-order valence-corrected chi connectivity index (χ2v) is 8.70. The van der Waals surface area contributed by atoms with Gasteiger partial charge in [0.25, 0.3) is 0 Å². The number of alkyl carbamates (subject to hydrolysis) is 1. The fourth-order valence-electron chi connectivity index (χ4n) is 3.55. The second kappa shape index (κ2) is 11.0. The molecule has 1 aliphatic carbocycles. The van der Waals surface area contributed by atoms with Crippen LogP contribution in [0.4, 0.5) is 34.0 Å². The molecule has 2 aliphatic rings. The van der Waals surface area contributed by atoms with E-state index in [2.05, 4.69) is 31.4 Å². The lowest BCUT2D eigenvalue weighted by Crippen LogP contribution is -2.40. The van der Waals surface area contributed by atoms with Gasteiger partial charge in [0, 0.05) is 35.6 Å². The number of ether oxygens (including phenoxy) is 1. The lowest BCUT2D eigenvalue weighted by Gasteiger charge is -2.34. The molecule has 1 aromatic heterocycles. The summed E-state index contributed by atoms with van der Waals surface area (Å²) in [5, 5.41) is 5.40. The Bertz CT molecular complexity index is 939. The van der Waals surface area contributed by atoms with E-state index in [-0.39, 0.29) is 12.0 Å². The van der Waals surface area contributed by atoms with Crippen molar-refractivity contribution in [1.29, 1.82) is 0 Å². The first-order chi connectivity index (χ1) is 15.7. The van der Waals surface area contributed by atoms with Crippen LogP contribution in [-0.2, 0) is 11.3 Å². The van der Waals surface area contributed by atoms with E-state index in [1.807, 2.05) is 12.1 Å². The average Bonchev–Trinajstić information content (AvgIpc) is 3.19. The molecule has 0 bridgehead atoms. The number of nitrogens with zero attached hydrogens (tertiary/aromatic N) is 2. The zero-order valence-electron chi connectivity index (χ0n) is 18.1. The molecule has 12 heteroatoms. The number of rotatable bonds is 6. The molecule has 0 radical (unpaired) electrons. The standard InChI is InChI=1S/C20H22F3N5O2S.CH3F/c1-11(7-20(21,22)23)27-19(29)30-16-5-12(6-16)14-8-24-18(25-9-14)28-15-2-3-17-13(4-15)10-26-31-17;1-2/h2-4,8-9,11-12,16,26H,5-7,10H2,1H3,(H,27,29)(H,24,25,28);1H3. The van der Waals surface area contributed by atoms with Gasteiger partial charge in [0.15, 0.2) is 0 Å². The number of aromatic nitrogens is 2. The minimum absolute atomic E-state index is 0.155. The minimum atomic E-state index is -4.33. The van der Waals surface area contributed by atoms with E-state index >= 15 is 0 Å². The van der Waals surface area contributed by atoms with Gasteiger partial charge >= 0.3 is 12.3 Å². The lowest BCUT2D eigenvalue weighted by molar-refractivity contribution is -0.138. The number of carbonyl (C=O) groups is 1. The number of alkyl halides is 4. The third-order valence-corrected chi connectivity index (χ3v) is 6.08. The SMILES string of the molecule is CC(CC(F)(F)F)NC(=O)OC1CC(c2cnc(Nc3ccc4c(c3)CNS4)nc2)C1.CF. The van der Waals surface area contributed by atoms with Crippen LogP contribution in [0.3, 0.4) is 0 Å². The highest BCUT2D eigenvalue weighted by molar-refractivity contribution is 7.97. The van der Waals surface area contributed by atoms with E-state index in [1.54, 1.807) is 24.3 Å². The molecule has 2 aromatic rings. The van der Waals surface area contributed by atoms with E-state index in [0.29, 0.717) is 26.0 Å². The zero-order valence-corrected chi connectivity index (χ0v) is 18.9. The second-order valence-electron chi connectivity index (χ2n) is 7.77. The number of anilines is 2. The molecule has 0 saturated heterocycles. The first kappa shape index (κ1) is 25.0. The number of amides is 1. The Labute approximate surface area is 193 Å². The summed E-state index contributed by atoms with van der Waals surface area (Å²) in [7, 11) is 0.500. The van der Waals surface area contributed by atoms with Crippen LogP contribution in [0.5, 0.6) is 0 Å². The third-order valence-electron chi connectivity index (χ3n) is 5.18. The Morgan fingerprint density at radius 1 is 1.27 bits per heavy atom. The van der Waals surface area contributed by atoms with Gasteiger partial charge in [-0.15, -0.1) is 0 Å². The predicted molar refractivity (Wildman–Crippen MR) is 117 cm³/mol. The number of carbonyl (C=O) groups excluding carboxylic acids is 1. The molecular weight excluding hydrogens is 462 g/mol. The Hall–Kier alpha value is -2.60. The number of nitrogens with one attached hydrogen (secondary N) is 3. The topological polar surface area (TPSA) is 88.2 Å². The Morgan fingerprint density at radius 2 is 1.97 bits per heavy atom. The molecule has 7 nitrogen and oxygen atoms in total. The molecule has 33 heavy (non-hydrogen) atoms. The molecule has 1 amide bonds. The van der Waals surface area contributed by atoms with Crippen molar-refractivity contribution in [3.8, 4) is 0 Å². The molecule has 1 unspecified atom stereocenters. The van der Waals surface area contributed by atoms with Crippen molar-refractivity contribution in [1.82, 2.24) is 20.0 Å². The van der Waals surface area contributed by atoms with Gasteiger partial charge in [-0.25, -0.2) is 14.8 Å². The third kappa shape index (κ3) is 7.19. The van der Waals surface area contributed by atoms with Crippen LogP contribution in [0.15, 0.2) is 35.5 Å². The van der Waals surface area contributed by atoms with Crippen LogP contribution in [0.25, 0.3) is 0 Å². The molecule has 0 spiro atoms. The Balaban J connectivity index is 0.00000149. The van der Waals surface area contributed by atoms with Gasteiger partial charge in [0.1, 0.15) is 6.10 Å². The highest BCUT2D eigenvalue weighted by Crippen LogP contribution is 2.38. The van der Waals surface area contributed by atoms with Gasteiger partial charge in [-0.2, -0.15) is 13.2 Å². The highest BCUT2D eigenvalue weighted by Gasteiger charge is 2.35. The van der Waals surface area contributed by atoms with Gasteiger partial charge in [0.05, 0.1) is 13.6 Å². The average molecular weight is 488 g/mol. The van der Waals surface area contributed by atoms with E-state index in [9.17, 15) is 22.4 Å². The molecule has 1 aliphatic heterocycles. The molecule has 180 valence electrons. The van der Waals surface area contributed by atoms with Crippen LogP contribution in [0, 0.1) is 0 Å². The van der Waals surface area contributed by atoms with Crippen molar-refractivity contribution < 1.29 is 27.1 Å². The summed E-state index contributed by atoms with van der Waals surface area (Å²) in [5.74, 6) is 0.648. The fourth-order valence-corrected chi connectivity index (χ4v) is 4.33. The van der Waals surface area contributed by atoms with Crippen molar-refractivity contribution in [2.45, 2.75) is 61.9 Å². The van der Waals surface area contributed by atoms with E-state index in [0.717, 1.165) is 17.8 Å². The van der Waals surface area contributed by atoms with Crippen LogP contribution in [-0.4, -0.2) is 41.6 Å². The van der Waals surface area contributed by atoms with Gasteiger partial charge in [-0.3, -0.25) is 9.11 Å². The van der Waals surface area contributed by atoms with Gasteiger partial charge in [-0.05, 0) is 67.0 Å². The molecule has 1 atom stereocenters. The summed E-state index contributed by atoms with van der Waals surface area (Å²) in [5.41, 5.74) is 3.08. The fraction of sp³-hybridized carbons (Fsp3) is 0.476. The summed E-state index contributed by atoms with van der Waals surface area (Å²) in [6.07, 6.45) is -1.89. The summed E-state index contributed by atoms with van der Waals surface area (Å²) in [6, 6.07) is 5.06. The smallest absolute Gasteiger partial charge is 0.407 e. The molecule has 1 aromatic carbocycles. The summed E-state index contributed by atoms with van der Waals surface area (Å²) in [4.78, 5) is 21.7. The molecular formula is C21H25F4N5O2S. The van der Waals surface area contributed by atoms with Crippen molar-refractivity contribution in [2.24, 2.45) is 0 Å². The Morgan fingerprint density at radius 3 is 2.64 bits per heavy atom. The maximum absolute atomic E-state index is 12.3. The number of halogens is 4. The largest absolute Gasteiger partial charge is 0.446 e. The number of fused-ring (bicyclic) bond motifs is 1. The maximum Gasteiger partial charge on any atom is 0.407 e. The van der Waals surface area contributed by atoms with Crippen LogP contribution in [0.2, 0.25) is 0 Å². The maximum atomic E-state index is 12.3. The molecule has 3 N–H and O–H groups in total. The Kier molecular flexibility index (Phi) is 8.35. The molecule has 1 fully saturated rings. The van der Waals surface area contributed by atoms with Crippen molar-refractivity contribution >= 4 is 29.7 Å². The normalized spacial score (nSPS) is 19.9. The van der Waals surface area contributed by atoms with Gasteiger partial charge in [0.2, 0.25) is 5.95 Å². The van der Waals surface area contributed by atoms with Gasteiger partial charge in [-0.1, -0.05) is 0 Å². The number of benzene rings is 1. The van der Waals surface area contributed by atoms with Crippen molar-refractivity contribution in [3.05, 3.63) is 41.7 Å². The first-order valence-electron chi connectivity index (χ1n) is 10.3. The zero-order chi connectivity index (χ0) is 24.0. The first-order valence-corrected chi connectivity index (χ1v) is 11.1. The van der Waals surface area contributed by atoms with E-state index in [4.69, 9.17) is 4.74 Å². The summed E-state index contributed by atoms with van der Waals surface area (Å²) in [6.45, 7) is 2.11. The van der Waals surface area contributed by atoms with E-state index < -0.39 is 24.7 Å². The van der Waals surface area contributed by atoms with Crippen LogP contribution < -0.4 is 15.4 Å². The number of hydrogen-bond acceptors (Lipinski definition) is 7. The number of hydrogen-bond donors (Lipinski definition) is 3. The molecule has 4 rings (SSSR count). The van der Waals surface area contributed by atoms with Crippen LogP contribution >= 0.6 is 11.9 Å². The summed E-state index contributed by atoms with van der Waals surface area (Å²) < 4.78 is 54.9. The molecule has 2 heterocycles.